The van der Waals surface area contributed by atoms with Crippen LogP contribution in [0.1, 0.15) is 29.2 Å². The number of H-pyrrole nitrogens is 1. The molecule has 0 fully saturated rings. The van der Waals surface area contributed by atoms with Gasteiger partial charge < -0.3 is 4.98 Å². The van der Waals surface area contributed by atoms with Crippen LogP contribution in [0, 0.1) is 6.92 Å². The van der Waals surface area contributed by atoms with E-state index in [1.165, 1.54) is 0 Å². The number of nitrogens with zero attached hydrogens (tertiary/aromatic N) is 4. The summed E-state index contributed by atoms with van der Waals surface area (Å²) in [5.74, 6) is -0.0810. The van der Waals surface area contributed by atoms with Gasteiger partial charge in [-0.25, -0.2) is 4.98 Å². The Morgan fingerprint density at radius 1 is 1.24 bits per heavy atom. The maximum Gasteiger partial charge on any atom is 0.213 e. The van der Waals surface area contributed by atoms with E-state index in [-0.39, 0.29) is 13.2 Å². The molecule has 0 spiro atoms. The minimum absolute atomic E-state index is 0. The van der Waals surface area contributed by atoms with Crippen LogP contribution in [0.3, 0.4) is 0 Å². The lowest BCUT2D eigenvalue weighted by molar-refractivity contribution is 0.103. The fraction of sp³-hybridized carbons (Fsp3) is 0.158. The number of hydrogen-bond donors (Lipinski definition) is 1. The molecule has 0 radical (unpaired) electrons. The predicted octanol–water partition coefficient (Wildman–Crippen LogP) is 3.53. The van der Waals surface area contributed by atoms with Crippen molar-refractivity contribution in [3.63, 3.8) is 0 Å². The smallest absolute Gasteiger partial charge is 0.213 e. The monoisotopic (exact) mass is 333 g/mol. The molecule has 0 atom stereocenters. The number of rotatable bonds is 3. The topological polar surface area (TPSA) is 76.5 Å². The molecule has 4 aromatic heterocycles. The number of carbonyl (C=O) groups is 1. The number of aromatic amines is 1. The summed E-state index contributed by atoms with van der Waals surface area (Å²) >= 11 is 0. The molecular formula is C19H19N5O. The lowest BCUT2D eigenvalue weighted by Crippen LogP contribution is -2.08. The lowest BCUT2D eigenvalue weighted by atomic mass is 10.00. The standard InChI is InChI=1S/C18H15N5O.CH4/c1-11-8-15(23(2)22-11)17(24)14-10-21-18-16(14)13(5-7-20-18)12-4-3-6-19-9-12;/h3-10H,1-2H3,(H,20,21);1H4. The van der Waals surface area contributed by atoms with Crippen molar-refractivity contribution >= 4 is 16.8 Å². The molecule has 4 heterocycles. The zero-order valence-electron chi connectivity index (χ0n) is 13.3. The maximum atomic E-state index is 13.0. The first-order valence-electron chi connectivity index (χ1n) is 7.57. The molecule has 0 aromatic carbocycles. The lowest BCUT2D eigenvalue weighted by Gasteiger charge is -2.05. The first-order chi connectivity index (χ1) is 11.6. The van der Waals surface area contributed by atoms with E-state index in [4.69, 9.17) is 0 Å². The summed E-state index contributed by atoms with van der Waals surface area (Å²) in [4.78, 5) is 24.6. The number of ketones is 1. The third-order valence-electron chi connectivity index (χ3n) is 4.03. The van der Waals surface area contributed by atoms with Crippen LogP contribution in [0.15, 0.2) is 49.1 Å². The van der Waals surface area contributed by atoms with Crippen molar-refractivity contribution < 1.29 is 4.79 Å². The Morgan fingerprint density at radius 3 is 2.76 bits per heavy atom. The van der Waals surface area contributed by atoms with Gasteiger partial charge >= 0.3 is 0 Å². The predicted molar refractivity (Wildman–Crippen MR) is 97.4 cm³/mol. The summed E-state index contributed by atoms with van der Waals surface area (Å²) in [6.07, 6.45) is 6.94. The number of nitrogens with one attached hydrogen (secondary N) is 1. The van der Waals surface area contributed by atoms with Crippen molar-refractivity contribution in [2.75, 3.05) is 0 Å². The van der Waals surface area contributed by atoms with Gasteiger partial charge in [0.25, 0.3) is 0 Å². The third-order valence-corrected chi connectivity index (χ3v) is 4.03. The highest BCUT2D eigenvalue weighted by Crippen LogP contribution is 2.30. The Balaban J connectivity index is 0.00000182. The fourth-order valence-electron chi connectivity index (χ4n) is 2.96. The quantitative estimate of drug-likeness (QED) is 0.582. The van der Waals surface area contributed by atoms with Gasteiger partial charge in [0, 0.05) is 42.8 Å². The highest BCUT2D eigenvalue weighted by Gasteiger charge is 2.21. The third kappa shape index (κ3) is 2.71. The summed E-state index contributed by atoms with van der Waals surface area (Å²) in [5, 5.41) is 5.06. The Hall–Kier alpha value is -3.28. The summed E-state index contributed by atoms with van der Waals surface area (Å²) in [6.45, 7) is 1.87. The van der Waals surface area contributed by atoms with E-state index < -0.39 is 0 Å². The number of fused-ring (bicyclic) bond motifs is 1. The molecule has 0 unspecified atom stereocenters. The second-order valence-electron chi connectivity index (χ2n) is 5.65. The molecule has 1 N–H and O–H groups in total. The average Bonchev–Trinajstić information content (AvgIpc) is 3.18. The van der Waals surface area contributed by atoms with Gasteiger partial charge in [-0.3, -0.25) is 14.5 Å². The Morgan fingerprint density at radius 2 is 2.08 bits per heavy atom. The molecule has 4 rings (SSSR count). The Labute approximate surface area is 145 Å². The molecule has 0 bridgehead atoms. The van der Waals surface area contributed by atoms with Crippen molar-refractivity contribution in [1.29, 1.82) is 0 Å². The SMILES string of the molecule is C.Cc1cc(C(=O)c2c[nH]c3nccc(-c4cccnc4)c23)n(C)n1. The van der Waals surface area contributed by atoms with E-state index in [0.717, 1.165) is 22.2 Å². The molecule has 6 nitrogen and oxygen atoms in total. The summed E-state index contributed by atoms with van der Waals surface area (Å²) in [5.41, 5.74) is 4.50. The number of aryl methyl sites for hydroxylation is 2. The largest absolute Gasteiger partial charge is 0.345 e. The van der Waals surface area contributed by atoms with E-state index in [1.54, 1.807) is 42.6 Å². The van der Waals surface area contributed by atoms with Crippen molar-refractivity contribution in [3.05, 3.63) is 66.0 Å². The van der Waals surface area contributed by atoms with Gasteiger partial charge in [-0.1, -0.05) is 13.5 Å². The van der Waals surface area contributed by atoms with Crippen LogP contribution in [0.25, 0.3) is 22.2 Å². The van der Waals surface area contributed by atoms with E-state index in [9.17, 15) is 4.79 Å². The number of carbonyl (C=O) groups excluding carboxylic acids is 1. The molecule has 126 valence electrons. The van der Waals surface area contributed by atoms with E-state index in [1.807, 2.05) is 25.1 Å². The van der Waals surface area contributed by atoms with Crippen molar-refractivity contribution in [1.82, 2.24) is 24.7 Å². The molecule has 25 heavy (non-hydrogen) atoms. The molecule has 0 aliphatic heterocycles. The number of aromatic nitrogens is 5. The molecule has 0 aliphatic carbocycles. The number of hydrogen-bond acceptors (Lipinski definition) is 4. The van der Waals surface area contributed by atoms with E-state index in [0.29, 0.717) is 16.9 Å². The first-order valence-corrected chi connectivity index (χ1v) is 7.57. The van der Waals surface area contributed by atoms with Crippen LogP contribution in [0.4, 0.5) is 0 Å². The molecular weight excluding hydrogens is 314 g/mol. The van der Waals surface area contributed by atoms with Crippen molar-refractivity contribution in [3.8, 4) is 11.1 Å². The van der Waals surface area contributed by atoms with E-state index >= 15 is 0 Å². The van der Waals surface area contributed by atoms with Crippen molar-refractivity contribution in [2.45, 2.75) is 14.4 Å². The van der Waals surface area contributed by atoms with Gasteiger partial charge in [0.1, 0.15) is 11.3 Å². The Bertz CT molecular complexity index is 1050. The molecule has 0 amide bonds. The number of pyridine rings is 2. The van der Waals surface area contributed by atoms with Crippen LogP contribution in [-0.2, 0) is 7.05 Å². The fourth-order valence-corrected chi connectivity index (χ4v) is 2.96. The summed E-state index contributed by atoms with van der Waals surface area (Å²) < 4.78 is 1.61. The Kier molecular flexibility index (Phi) is 4.19. The van der Waals surface area contributed by atoms with Gasteiger partial charge in [-0.05, 0) is 30.7 Å². The highest BCUT2D eigenvalue weighted by atomic mass is 16.1. The second kappa shape index (κ2) is 6.32. The van der Waals surface area contributed by atoms with Gasteiger partial charge in [0.2, 0.25) is 5.78 Å². The second-order valence-corrected chi connectivity index (χ2v) is 5.65. The van der Waals surface area contributed by atoms with Gasteiger partial charge in [-0.15, -0.1) is 0 Å². The zero-order valence-corrected chi connectivity index (χ0v) is 13.3. The molecule has 0 saturated carbocycles. The maximum absolute atomic E-state index is 13.0. The normalized spacial score (nSPS) is 10.6. The summed E-state index contributed by atoms with van der Waals surface area (Å²) in [7, 11) is 1.77. The van der Waals surface area contributed by atoms with E-state index in [2.05, 4.69) is 20.1 Å². The average molecular weight is 333 g/mol. The van der Waals surface area contributed by atoms with Crippen LogP contribution >= 0.6 is 0 Å². The van der Waals surface area contributed by atoms with Gasteiger partial charge in [0.15, 0.2) is 0 Å². The van der Waals surface area contributed by atoms with Gasteiger partial charge in [0.05, 0.1) is 11.3 Å². The minimum atomic E-state index is -0.0810. The molecule has 4 aromatic rings. The minimum Gasteiger partial charge on any atom is -0.345 e. The van der Waals surface area contributed by atoms with Crippen LogP contribution in [-0.4, -0.2) is 30.5 Å². The van der Waals surface area contributed by atoms with Crippen molar-refractivity contribution in [2.24, 2.45) is 7.05 Å². The van der Waals surface area contributed by atoms with Crippen LogP contribution in [0.2, 0.25) is 0 Å². The van der Waals surface area contributed by atoms with Crippen LogP contribution in [0.5, 0.6) is 0 Å². The molecule has 0 aliphatic rings. The molecule has 6 heteroatoms. The summed E-state index contributed by atoms with van der Waals surface area (Å²) in [6, 6.07) is 7.54. The van der Waals surface area contributed by atoms with Crippen LogP contribution < -0.4 is 0 Å². The van der Waals surface area contributed by atoms with Gasteiger partial charge in [-0.2, -0.15) is 5.10 Å². The highest BCUT2D eigenvalue weighted by molar-refractivity contribution is 6.18. The first kappa shape index (κ1) is 16.6. The molecule has 0 saturated heterocycles. The zero-order chi connectivity index (χ0) is 16.7.